The standard InChI is InChI=1S/C15H13BrClNO/c16-10-3-1-9(2-4-10)15-8-13(18)12-7-11(17)5-6-14(12)19-15/h1-7,13,15H,8,18H2. The van der Waals surface area contributed by atoms with Gasteiger partial charge in [-0.25, -0.2) is 0 Å². The summed E-state index contributed by atoms with van der Waals surface area (Å²) in [4.78, 5) is 0. The Morgan fingerprint density at radius 1 is 1.16 bits per heavy atom. The lowest BCUT2D eigenvalue weighted by molar-refractivity contribution is 0.161. The van der Waals surface area contributed by atoms with Crippen LogP contribution in [-0.4, -0.2) is 0 Å². The molecule has 19 heavy (non-hydrogen) atoms. The van der Waals surface area contributed by atoms with Gasteiger partial charge in [-0.3, -0.25) is 0 Å². The molecule has 3 rings (SSSR count). The Balaban J connectivity index is 1.92. The summed E-state index contributed by atoms with van der Waals surface area (Å²) >= 11 is 9.43. The van der Waals surface area contributed by atoms with Crippen molar-refractivity contribution < 1.29 is 4.74 Å². The molecule has 0 spiro atoms. The van der Waals surface area contributed by atoms with E-state index in [0.29, 0.717) is 5.02 Å². The van der Waals surface area contributed by atoms with Gasteiger partial charge in [-0.15, -0.1) is 0 Å². The number of fused-ring (bicyclic) bond motifs is 1. The minimum absolute atomic E-state index is 0.00299. The Hall–Kier alpha value is -1.03. The van der Waals surface area contributed by atoms with Gasteiger partial charge in [-0.2, -0.15) is 0 Å². The van der Waals surface area contributed by atoms with Crippen molar-refractivity contribution in [3.05, 3.63) is 63.1 Å². The van der Waals surface area contributed by atoms with E-state index in [1.807, 2.05) is 30.3 Å². The molecule has 2 N–H and O–H groups in total. The smallest absolute Gasteiger partial charge is 0.126 e. The molecule has 98 valence electrons. The van der Waals surface area contributed by atoms with E-state index in [1.165, 1.54) is 0 Å². The monoisotopic (exact) mass is 337 g/mol. The van der Waals surface area contributed by atoms with Gasteiger partial charge in [0.25, 0.3) is 0 Å². The lowest BCUT2D eigenvalue weighted by Crippen LogP contribution is -2.24. The van der Waals surface area contributed by atoms with E-state index in [0.717, 1.165) is 27.8 Å². The Morgan fingerprint density at radius 3 is 2.63 bits per heavy atom. The van der Waals surface area contributed by atoms with Gasteiger partial charge in [0, 0.05) is 27.5 Å². The average Bonchev–Trinajstić information content (AvgIpc) is 2.40. The summed E-state index contributed by atoms with van der Waals surface area (Å²) in [5, 5.41) is 0.694. The van der Waals surface area contributed by atoms with Crippen LogP contribution < -0.4 is 10.5 Å². The first-order valence-corrected chi connectivity index (χ1v) is 7.28. The predicted octanol–water partition coefficient (Wildman–Crippen LogP) is 4.63. The van der Waals surface area contributed by atoms with Crippen LogP contribution in [0.25, 0.3) is 0 Å². The lowest BCUT2D eigenvalue weighted by Gasteiger charge is -2.30. The number of hydrogen-bond acceptors (Lipinski definition) is 2. The van der Waals surface area contributed by atoms with Crippen LogP contribution in [0.3, 0.4) is 0 Å². The summed E-state index contributed by atoms with van der Waals surface area (Å²) in [5.41, 5.74) is 8.35. The second-order valence-electron chi connectivity index (χ2n) is 4.68. The highest BCUT2D eigenvalue weighted by molar-refractivity contribution is 9.10. The van der Waals surface area contributed by atoms with E-state index in [1.54, 1.807) is 0 Å². The van der Waals surface area contributed by atoms with Crippen molar-refractivity contribution in [3.8, 4) is 5.75 Å². The zero-order valence-corrected chi connectivity index (χ0v) is 12.5. The molecule has 0 bridgehead atoms. The lowest BCUT2D eigenvalue weighted by atomic mass is 9.94. The largest absolute Gasteiger partial charge is 0.485 e. The van der Waals surface area contributed by atoms with Crippen LogP contribution in [0.5, 0.6) is 5.75 Å². The minimum atomic E-state index is -0.0453. The molecule has 4 heteroatoms. The molecule has 1 aliphatic heterocycles. The summed E-state index contributed by atoms with van der Waals surface area (Å²) in [7, 11) is 0. The summed E-state index contributed by atoms with van der Waals surface area (Å²) < 4.78 is 7.09. The topological polar surface area (TPSA) is 35.2 Å². The molecule has 0 aliphatic carbocycles. The van der Waals surface area contributed by atoms with Crippen LogP contribution in [0.1, 0.15) is 29.7 Å². The van der Waals surface area contributed by atoms with E-state index < -0.39 is 0 Å². The van der Waals surface area contributed by atoms with Crippen LogP contribution in [0.2, 0.25) is 5.02 Å². The summed E-state index contributed by atoms with van der Waals surface area (Å²) in [6.07, 6.45) is 0.756. The van der Waals surface area contributed by atoms with E-state index in [4.69, 9.17) is 22.1 Å². The highest BCUT2D eigenvalue weighted by atomic mass is 79.9. The molecule has 0 saturated carbocycles. The first-order chi connectivity index (χ1) is 9.13. The molecule has 2 atom stereocenters. The Kier molecular flexibility index (Phi) is 3.52. The normalized spacial score (nSPS) is 21.6. The van der Waals surface area contributed by atoms with Crippen LogP contribution in [0.15, 0.2) is 46.9 Å². The van der Waals surface area contributed by atoms with Crippen molar-refractivity contribution in [2.45, 2.75) is 18.6 Å². The number of hydrogen-bond donors (Lipinski definition) is 1. The molecule has 2 aromatic rings. The average molecular weight is 339 g/mol. The van der Waals surface area contributed by atoms with Gasteiger partial charge in [-0.05, 0) is 35.9 Å². The van der Waals surface area contributed by atoms with Crippen molar-refractivity contribution in [2.24, 2.45) is 5.73 Å². The maximum atomic E-state index is 6.22. The van der Waals surface area contributed by atoms with Gasteiger partial charge in [-0.1, -0.05) is 39.7 Å². The van der Waals surface area contributed by atoms with Crippen molar-refractivity contribution in [2.75, 3.05) is 0 Å². The molecule has 0 fully saturated rings. The molecule has 1 aliphatic rings. The molecule has 0 amide bonds. The maximum Gasteiger partial charge on any atom is 0.126 e. The van der Waals surface area contributed by atoms with E-state index >= 15 is 0 Å². The van der Waals surface area contributed by atoms with Crippen LogP contribution in [-0.2, 0) is 0 Å². The second kappa shape index (κ2) is 5.16. The third-order valence-electron chi connectivity index (χ3n) is 3.35. The fourth-order valence-electron chi connectivity index (χ4n) is 2.36. The fourth-order valence-corrected chi connectivity index (χ4v) is 2.80. The molecule has 0 radical (unpaired) electrons. The second-order valence-corrected chi connectivity index (χ2v) is 6.03. The van der Waals surface area contributed by atoms with Gasteiger partial charge in [0.2, 0.25) is 0 Å². The Morgan fingerprint density at radius 2 is 1.89 bits per heavy atom. The first kappa shape index (κ1) is 13.0. The van der Waals surface area contributed by atoms with Gasteiger partial charge in [0.1, 0.15) is 11.9 Å². The Bertz CT molecular complexity index is 600. The number of halogens is 2. The molecular weight excluding hydrogens is 326 g/mol. The highest BCUT2D eigenvalue weighted by Crippen LogP contribution is 2.40. The summed E-state index contributed by atoms with van der Waals surface area (Å²) in [5.74, 6) is 0.830. The van der Waals surface area contributed by atoms with Crippen LogP contribution in [0.4, 0.5) is 0 Å². The zero-order valence-electron chi connectivity index (χ0n) is 10.1. The van der Waals surface area contributed by atoms with E-state index in [2.05, 4.69) is 28.1 Å². The molecule has 2 aromatic carbocycles. The van der Waals surface area contributed by atoms with Crippen molar-refractivity contribution in [3.63, 3.8) is 0 Å². The van der Waals surface area contributed by atoms with Crippen molar-refractivity contribution >= 4 is 27.5 Å². The summed E-state index contributed by atoms with van der Waals surface area (Å²) in [6, 6.07) is 13.7. The first-order valence-electron chi connectivity index (χ1n) is 6.10. The summed E-state index contributed by atoms with van der Waals surface area (Å²) in [6.45, 7) is 0. The molecule has 1 heterocycles. The number of nitrogens with two attached hydrogens (primary N) is 1. The predicted molar refractivity (Wildman–Crippen MR) is 80.5 cm³/mol. The third kappa shape index (κ3) is 2.64. The zero-order chi connectivity index (χ0) is 13.4. The van der Waals surface area contributed by atoms with E-state index in [9.17, 15) is 0 Å². The molecule has 2 unspecified atom stereocenters. The minimum Gasteiger partial charge on any atom is -0.485 e. The van der Waals surface area contributed by atoms with Gasteiger partial charge in [0.15, 0.2) is 0 Å². The van der Waals surface area contributed by atoms with Crippen molar-refractivity contribution in [1.29, 1.82) is 0 Å². The van der Waals surface area contributed by atoms with Gasteiger partial charge >= 0.3 is 0 Å². The SMILES string of the molecule is NC1CC(c2ccc(Br)cc2)Oc2ccc(Cl)cc21. The van der Waals surface area contributed by atoms with Gasteiger partial charge in [0.05, 0.1) is 0 Å². The van der Waals surface area contributed by atoms with Crippen LogP contribution >= 0.6 is 27.5 Å². The molecule has 0 aromatic heterocycles. The molecule has 0 saturated heterocycles. The number of ether oxygens (including phenoxy) is 1. The van der Waals surface area contributed by atoms with Crippen molar-refractivity contribution in [1.82, 2.24) is 0 Å². The fraction of sp³-hybridized carbons (Fsp3) is 0.200. The molecule has 2 nitrogen and oxygen atoms in total. The third-order valence-corrected chi connectivity index (χ3v) is 4.11. The maximum absolute atomic E-state index is 6.22. The van der Waals surface area contributed by atoms with Gasteiger partial charge < -0.3 is 10.5 Å². The number of benzene rings is 2. The number of rotatable bonds is 1. The highest BCUT2D eigenvalue weighted by Gasteiger charge is 2.27. The van der Waals surface area contributed by atoms with E-state index in [-0.39, 0.29) is 12.1 Å². The molecular formula is C15H13BrClNO. The van der Waals surface area contributed by atoms with Crippen LogP contribution in [0, 0.1) is 0 Å². The Labute approximate surface area is 125 Å². The quantitative estimate of drug-likeness (QED) is 0.823.